The number of hydrogen-bond donors (Lipinski definition) is 0. The van der Waals surface area contributed by atoms with Crippen molar-refractivity contribution >= 4 is 5.78 Å². The summed E-state index contributed by atoms with van der Waals surface area (Å²) in [6.45, 7) is 3.34. The average Bonchev–Trinajstić information content (AvgIpc) is 2.16. The van der Waals surface area contributed by atoms with Gasteiger partial charge < -0.3 is 4.74 Å². The molecule has 0 heterocycles. The Balaban J connectivity index is 3.20. The topological polar surface area (TPSA) is 26.3 Å². The van der Waals surface area contributed by atoms with Crippen molar-refractivity contribution in [2.45, 2.75) is 0 Å². The Bertz CT molecular complexity index is 345. The van der Waals surface area contributed by atoms with Crippen molar-refractivity contribution in [3.63, 3.8) is 0 Å². The highest BCUT2D eigenvalue weighted by atomic mass is 19.1. The zero-order chi connectivity index (χ0) is 9.84. The van der Waals surface area contributed by atoms with Gasteiger partial charge in [0.05, 0.1) is 12.7 Å². The lowest BCUT2D eigenvalue weighted by Crippen LogP contribution is -1.98. The van der Waals surface area contributed by atoms with Gasteiger partial charge in [0, 0.05) is 6.07 Å². The zero-order valence-corrected chi connectivity index (χ0v) is 7.21. The van der Waals surface area contributed by atoms with Crippen molar-refractivity contribution in [1.82, 2.24) is 0 Å². The van der Waals surface area contributed by atoms with Gasteiger partial charge in [0.15, 0.2) is 5.78 Å². The Hall–Kier alpha value is -1.64. The molecule has 0 saturated heterocycles. The molecule has 0 fully saturated rings. The molecule has 3 heteroatoms. The lowest BCUT2D eigenvalue weighted by atomic mass is 10.1. The second-order valence-corrected chi connectivity index (χ2v) is 2.41. The summed E-state index contributed by atoms with van der Waals surface area (Å²) in [5.41, 5.74) is 0.318. The van der Waals surface area contributed by atoms with Crippen LogP contribution in [0, 0.1) is 5.82 Å². The van der Waals surface area contributed by atoms with Crippen LogP contribution in [-0.2, 0) is 0 Å². The zero-order valence-electron chi connectivity index (χ0n) is 7.21. The molecule has 1 rings (SSSR count). The molecule has 68 valence electrons. The average molecular weight is 180 g/mol. The van der Waals surface area contributed by atoms with Gasteiger partial charge in [0.25, 0.3) is 0 Å². The maximum absolute atomic E-state index is 12.7. The summed E-state index contributed by atoms with van der Waals surface area (Å²) in [6.07, 6.45) is 1.16. The second-order valence-electron chi connectivity index (χ2n) is 2.41. The maximum atomic E-state index is 12.7. The first-order chi connectivity index (χ1) is 6.19. The molecule has 0 N–H and O–H groups in total. The van der Waals surface area contributed by atoms with Gasteiger partial charge in [-0.15, -0.1) is 0 Å². The Morgan fingerprint density at radius 2 is 2.31 bits per heavy atom. The quantitative estimate of drug-likeness (QED) is 0.526. The summed E-state index contributed by atoms with van der Waals surface area (Å²) in [5, 5.41) is 0. The minimum atomic E-state index is -0.433. The highest BCUT2D eigenvalue weighted by Gasteiger charge is 2.09. The Kier molecular flexibility index (Phi) is 2.80. The number of rotatable bonds is 3. The highest BCUT2D eigenvalue weighted by molar-refractivity contribution is 6.06. The van der Waals surface area contributed by atoms with Crippen molar-refractivity contribution in [2.24, 2.45) is 0 Å². The fourth-order valence-corrected chi connectivity index (χ4v) is 0.979. The number of hydrogen-bond acceptors (Lipinski definition) is 2. The van der Waals surface area contributed by atoms with Gasteiger partial charge >= 0.3 is 0 Å². The third-order valence-electron chi connectivity index (χ3n) is 1.61. The minimum Gasteiger partial charge on any atom is -0.496 e. The summed E-state index contributed by atoms with van der Waals surface area (Å²) in [7, 11) is 1.38. The third-order valence-corrected chi connectivity index (χ3v) is 1.61. The van der Waals surface area contributed by atoms with Crippen LogP contribution in [0.3, 0.4) is 0 Å². The van der Waals surface area contributed by atoms with E-state index in [0.717, 1.165) is 12.1 Å². The van der Waals surface area contributed by atoms with E-state index in [1.807, 2.05) is 0 Å². The molecule has 0 aromatic heterocycles. The molecule has 0 saturated carbocycles. The Morgan fingerprint density at radius 1 is 1.62 bits per heavy atom. The smallest absolute Gasteiger partial charge is 0.188 e. The number of carbonyl (C=O) groups excluding carboxylic acids is 1. The van der Waals surface area contributed by atoms with Crippen LogP contribution < -0.4 is 4.74 Å². The molecule has 0 aliphatic heterocycles. The van der Waals surface area contributed by atoms with Crippen LogP contribution in [0.1, 0.15) is 10.4 Å². The van der Waals surface area contributed by atoms with Crippen molar-refractivity contribution in [2.75, 3.05) is 7.11 Å². The van der Waals surface area contributed by atoms with Crippen LogP contribution in [-0.4, -0.2) is 12.9 Å². The molecule has 0 radical (unpaired) electrons. The fourth-order valence-electron chi connectivity index (χ4n) is 0.979. The number of ether oxygens (including phenoxy) is 1. The lowest BCUT2D eigenvalue weighted by molar-refractivity contribution is 0.104. The SMILES string of the molecule is C=CC(=O)c1ccc(F)cc1OC. The van der Waals surface area contributed by atoms with Crippen LogP contribution >= 0.6 is 0 Å². The summed E-state index contributed by atoms with van der Waals surface area (Å²) in [5.74, 6) is -0.487. The molecule has 1 aromatic rings. The minimum absolute atomic E-state index is 0.227. The van der Waals surface area contributed by atoms with Gasteiger partial charge in [-0.1, -0.05) is 6.58 Å². The second kappa shape index (κ2) is 3.85. The molecule has 1 aromatic carbocycles. The third kappa shape index (κ3) is 1.93. The Labute approximate surface area is 75.6 Å². The summed E-state index contributed by atoms with van der Waals surface area (Å²) in [6, 6.07) is 3.74. The molecule has 0 amide bonds. The molecule has 0 spiro atoms. The molecule has 0 aliphatic carbocycles. The Morgan fingerprint density at radius 3 is 2.85 bits per heavy atom. The predicted molar refractivity (Wildman–Crippen MR) is 47.5 cm³/mol. The number of halogens is 1. The molecular formula is C10H9FO2. The van der Waals surface area contributed by atoms with E-state index < -0.39 is 5.82 Å². The van der Waals surface area contributed by atoms with Gasteiger partial charge in [-0.2, -0.15) is 0 Å². The van der Waals surface area contributed by atoms with Gasteiger partial charge in [-0.3, -0.25) is 4.79 Å². The molecule has 13 heavy (non-hydrogen) atoms. The van der Waals surface area contributed by atoms with Crippen LogP contribution in [0.4, 0.5) is 4.39 Å². The van der Waals surface area contributed by atoms with E-state index in [1.54, 1.807) is 0 Å². The molecule has 0 atom stereocenters. The fraction of sp³-hybridized carbons (Fsp3) is 0.100. The van der Waals surface area contributed by atoms with Crippen molar-refractivity contribution in [1.29, 1.82) is 0 Å². The lowest BCUT2D eigenvalue weighted by Gasteiger charge is -2.04. The normalized spacial score (nSPS) is 9.38. The number of allylic oxidation sites excluding steroid dienone is 1. The van der Waals surface area contributed by atoms with E-state index in [0.29, 0.717) is 5.56 Å². The summed E-state index contributed by atoms with van der Waals surface area (Å²) in [4.78, 5) is 11.2. The molecule has 0 aliphatic rings. The standard InChI is InChI=1S/C10H9FO2/c1-3-9(12)8-5-4-7(11)6-10(8)13-2/h3-6H,1H2,2H3. The van der Waals surface area contributed by atoms with Gasteiger partial charge in [0.2, 0.25) is 0 Å². The van der Waals surface area contributed by atoms with E-state index in [-0.39, 0.29) is 11.5 Å². The number of benzene rings is 1. The van der Waals surface area contributed by atoms with Gasteiger partial charge in [0.1, 0.15) is 11.6 Å². The first-order valence-electron chi connectivity index (χ1n) is 3.69. The number of carbonyl (C=O) groups is 1. The van der Waals surface area contributed by atoms with Crippen molar-refractivity contribution in [3.8, 4) is 5.75 Å². The molecule has 2 nitrogen and oxygen atoms in total. The molecule has 0 bridgehead atoms. The first-order valence-corrected chi connectivity index (χ1v) is 3.69. The first kappa shape index (κ1) is 9.45. The largest absolute Gasteiger partial charge is 0.496 e. The van der Waals surface area contributed by atoms with E-state index in [1.165, 1.54) is 19.2 Å². The van der Waals surface area contributed by atoms with Crippen molar-refractivity contribution < 1.29 is 13.9 Å². The number of methoxy groups -OCH3 is 1. The van der Waals surface area contributed by atoms with Gasteiger partial charge in [-0.25, -0.2) is 4.39 Å². The van der Waals surface area contributed by atoms with E-state index >= 15 is 0 Å². The summed E-state index contributed by atoms with van der Waals surface area (Å²) < 4.78 is 17.5. The van der Waals surface area contributed by atoms with Gasteiger partial charge in [-0.05, 0) is 18.2 Å². The van der Waals surface area contributed by atoms with E-state index in [2.05, 4.69) is 6.58 Å². The monoisotopic (exact) mass is 180 g/mol. The van der Waals surface area contributed by atoms with Crippen LogP contribution in [0.25, 0.3) is 0 Å². The van der Waals surface area contributed by atoms with Crippen LogP contribution in [0.2, 0.25) is 0 Å². The van der Waals surface area contributed by atoms with Crippen molar-refractivity contribution in [3.05, 3.63) is 42.2 Å². The number of ketones is 1. The summed E-state index contributed by atoms with van der Waals surface area (Å²) >= 11 is 0. The molecule has 0 unspecified atom stereocenters. The van der Waals surface area contributed by atoms with E-state index in [9.17, 15) is 9.18 Å². The van der Waals surface area contributed by atoms with E-state index in [4.69, 9.17) is 4.74 Å². The van der Waals surface area contributed by atoms with Crippen LogP contribution in [0.5, 0.6) is 5.75 Å². The predicted octanol–water partition coefficient (Wildman–Crippen LogP) is 2.20. The molecular weight excluding hydrogens is 171 g/mol. The highest BCUT2D eigenvalue weighted by Crippen LogP contribution is 2.19. The van der Waals surface area contributed by atoms with Crippen LogP contribution in [0.15, 0.2) is 30.9 Å². The maximum Gasteiger partial charge on any atom is 0.188 e.